The summed E-state index contributed by atoms with van der Waals surface area (Å²) in [5.41, 5.74) is 0. The molecule has 0 heteroatoms. The Hall–Kier alpha value is 0. The molecule has 0 rings (SSSR count). The molecular formula is C10H28. The molecule has 0 aliphatic carbocycles. The van der Waals surface area contributed by atoms with Crippen LogP contribution in [0.5, 0.6) is 0 Å². The first-order chi connectivity index (χ1) is 3.83. The SMILES string of the molecule is C.C.CCCC.CCCC. The highest BCUT2D eigenvalue weighted by atomic mass is 13.6. The molecule has 68 valence electrons. The van der Waals surface area contributed by atoms with Gasteiger partial charge in [-0.15, -0.1) is 0 Å². The van der Waals surface area contributed by atoms with Gasteiger partial charge in [-0.05, 0) is 0 Å². The van der Waals surface area contributed by atoms with Gasteiger partial charge in [0.2, 0.25) is 0 Å². The molecule has 0 aliphatic rings. The van der Waals surface area contributed by atoms with Crippen molar-refractivity contribution in [2.45, 2.75) is 68.2 Å². The summed E-state index contributed by atoms with van der Waals surface area (Å²) in [6, 6.07) is 0. The second-order valence-corrected chi connectivity index (χ2v) is 2.00. The van der Waals surface area contributed by atoms with E-state index in [9.17, 15) is 0 Å². The minimum Gasteiger partial charge on any atom is -0.0776 e. The van der Waals surface area contributed by atoms with E-state index >= 15 is 0 Å². The Kier molecular flexibility index (Phi) is 81.0. The van der Waals surface area contributed by atoms with Crippen molar-refractivity contribution in [2.75, 3.05) is 0 Å². The molecule has 0 N–H and O–H groups in total. The van der Waals surface area contributed by atoms with Crippen molar-refractivity contribution in [3.05, 3.63) is 0 Å². The molecule has 0 heterocycles. The van der Waals surface area contributed by atoms with Gasteiger partial charge in [0.1, 0.15) is 0 Å². The Bertz CT molecular complexity index is 8.00. The van der Waals surface area contributed by atoms with Crippen molar-refractivity contribution in [2.24, 2.45) is 0 Å². The molecule has 0 radical (unpaired) electrons. The van der Waals surface area contributed by atoms with Crippen molar-refractivity contribution in [1.29, 1.82) is 0 Å². The molecule has 0 saturated carbocycles. The molecule has 0 fully saturated rings. The van der Waals surface area contributed by atoms with Crippen LogP contribution >= 0.6 is 0 Å². The van der Waals surface area contributed by atoms with Gasteiger partial charge >= 0.3 is 0 Å². The third kappa shape index (κ3) is 98.0. The van der Waals surface area contributed by atoms with E-state index in [2.05, 4.69) is 27.7 Å². The lowest BCUT2D eigenvalue weighted by Crippen LogP contribution is -1.47. The fourth-order valence-electron chi connectivity index (χ4n) is 0. The second-order valence-electron chi connectivity index (χ2n) is 2.00. The van der Waals surface area contributed by atoms with E-state index < -0.39 is 0 Å². The average Bonchev–Trinajstić information content (AvgIpc) is 1.88. The predicted molar refractivity (Wildman–Crippen MR) is 54.6 cm³/mol. The zero-order chi connectivity index (χ0) is 6.83. The van der Waals surface area contributed by atoms with Gasteiger partial charge < -0.3 is 0 Å². The van der Waals surface area contributed by atoms with E-state index in [0.29, 0.717) is 0 Å². The summed E-state index contributed by atoms with van der Waals surface area (Å²) in [6.07, 6.45) is 5.28. The van der Waals surface area contributed by atoms with E-state index in [1.165, 1.54) is 25.7 Å². The molecule has 0 unspecified atom stereocenters. The van der Waals surface area contributed by atoms with Crippen LogP contribution in [0.3, 0.4) is 0 Å². The highest BCUT2D eigenvalue weighted by molar-refractivity contribution is 4.13. The molecule has 0 amide bonds. The zero-order valence-electron chi connectivity index (χ0n) is 6.83. The van der Waals surface area contributed by atoms with Crippen LogP contribution in [-0.4, -0.2) is 0 Å². The first-order valence-electron chi connectivity index (χ1n) is 3.83. The van der Waals surface area contributed by atoms with Gasteiger partial charge in [-0.25, -0.2) is 0 Å². The molecular weight excluding hydrogens is 120 g/mol. The Morgan fingerprint density at radius 3 is 0.600 bits per heavy atom. The lowest BCUT2D eigenvalue weighted by molar-refractivity contribution is 0.886. The summed E-state index contributed by atoms with van der Waals surface area (Å²) in [4.78, 5) is 0. The van der Waals surface area contributed by atoms with Gasteiger partial charge in [-0.3, -0.25) is 0 Å². The van der Waals surface area contributed by atoms with Crippen molar-refractivity contribution in [3.63, 3.8) is 0 Å². The van der Waals surface area contributed by atoms with Crippen molar-refractivity contribution in [1.82, 2.24) is 0 Å². The molecule has 0 nitrogen and oxygen atoms in total. The monoisotopic (exact) mass is 148 g/mol. The summed E-state index contributed by atoms with van der Waals surface area (Å²) in [6.45, 7) is 8.72. The standard InChI is InChI=1S/2C4H10.2CH4/c2*1-3-4-2;;/h2*3-4H2,1-2H3;2*1H4. The van der Waals surface area contributed by atoms with Crippen LogP contribution in [-0.2, 0) is 0 Å². The number of unbranched alkanes of at least 4 members (excludes halogenated alkanes) is 2. The topological polar surface area (TPSA) is 0 Å². The summed E-state index contributed by atoms with van der Waals surface area (Å²) in [5.74, 6) is 0. The van der Waals surface area contributed by atoms with E-state index in [4.69, 9.17) is 0 Å². The van der Waals surface area contributed by atoms with Crippen LogP contribution in [0.25, 0.3) is 0 Å². The van der Waals surface area contributed by atoms with Crippen molar-refractivity contribution < 1.29 is 0 Å². The quantitative estimate of drug-likeness (QED) is 0.523. The first-order valence-corrected chi connectivity index (χ1v) is 3.83. The Labute approximate surface area is 69.0 Å². The van der Waals surface area contributed by atoms with Crippen molar-refractivity contribution in [3.8, 4) is 0 Å². The van der Waals surface area contributed by atoms with Crippen LogP contribution < -0.4 is 0 Å². The fraction of sp³-hybridized carbons (Fsp3) is 1.00. The lowest BCUT2D eigenvalue weighted by Gasteiger charge is -1.68. The van der Waals surface area contributed by atoms with Crippen LogP contribution in [0.15, 0.2) is 0 Å². The van der Waals surface area contributed by atoms with E-state index in [1.807, 2.05) is 0 Å². The molecule has 0 aromatic rings. The van der Waals surface area contributed by atoms with Gasteiger partial charge in [-0.2, -0.15) is 0 Å². The average molecular weight is 148 g/mol. The number of hydrogen-bond donors (Lipinski definition) is 0. The molecule has 10 heavy (non-hydrogen) atoms. The van der Waals surface area contributed by atoms with Crippen molar-refractivity contribution >= 4 is 0 Å². The molecule has 0 spiro atoms. The molecule has 0 bridgehead atoms. The second kappa shape index (κ2) is 36.0. The highest BCUT2D eigenvalue weighted by Crippen LogP contribution is 1.77. The first kappa shape index (κ1) is 22.5. The summed E-state index contributed by atoms with van der Waals surface area (Å²) in [5, 5.41) is 0. The molecule has 0 aliphatic heterocycles. The van der Waals surface area contributed by atoms with Gasteiger partial charge in [0, 0.05) is 0 Å². The Morgan fingerprint density at radius 1 is 0.500 bits per heavy atom. The Balaban J connectivity index is -0.0000000300. The third-order valence-electron chi connectivity index (χ3n) is 1.000. The zero-order valence-corrected chi connectivity index (χ0v) is 6.83. The maximum Gasteiger partial charge on any atom is -0.0564 e. The molecule has 0 aromatic heterocycles. The fourth-order valence-corrected chi connectivity index (χ4v) is 0. The third-order valence-corrected chi connectivity index (χ3v) is 1.000. The maximum atomic E-state index is 2.18. The largest absolute Gasteiger partial charge is 0.0776 e. The smallest absolute Gasteiger partial charge is 0.0564 e. The van der Waals surface area contributed by atoms with E-state index in [1.54, 1.807) is 0 Å². The predicted octanol–water partition coefficient (Wildman–Crippen LogP) is 4.89. The van der Waals surface area contributed by atoms with E-state index in [-0.39, 0.29) is 14.9 Å². The summed E-state index contributed by atoms with van der Waals surface area (Å²) >= 11 is 0. The Morgan fingerprint density at radius 2 is 0.600 bits per heavy atom. The van der Waals surface area contributed by atoms with E-state index in [0.717, 1.165) is 0 Å². The van der Waals surface area contributed by atoms with Crippen LogP contribution in [0.4, 0.5) is 0 Å². The van der Waals surface area contributed by atoms with Crippen LogP contribution in [0.1, 0.15) is 68.2 Å². The minimum absolute atomic E-state index is 0. The van der Waals surface area contributed by atoms with Crippen LogP contribution in [0, 0.1) is 0 Å². The summed E-state index contributed by atoms with van der Waals surface area (Å²) < 4.78 is 0. The van der Waals surface area contributed by atoms with Gasteiger partial charge in [0.25, 0.3) is 0 Å². The molecule has 0 saturated heterocycles. The van der Waals surface area contributed by atoms with Gasteiger partial charge in [-0.1, -0.05) is 68.2 Å². The number of rotatable bonds is 2. The normalized spacial score (nSPS) is 6.00. The lowest BCUT2D eigenvalue weighted by atomic mass is 10.4. The molecule has 0 atom stereocenters. The van der Waals surface area contributed by atoms with Gasteiger partial charge in [0.15, 0.2) is 0 Å². The number of hydrogen-bond acceptors (Lipinski definition) is 0. The highest BCUT2D eigenvalue weighted by Gasteiger charge is 1.56. The summed E-state index contributed by atoms with van der Waals surface area (Å²) in [7, 11) is 0. The minimum atomic E-state index is 0. The maximum absolute atomic E-state index is 2.18. The van der Waals surface area contributed by atoms with Gasteiger partial charge in [0.05, 0.1) is 0 Å². The van der Waals surface area contributed by atoms with Crippen LogP contribution in [0.2, 0.25) is 0 Å². The molecule has 0 aromatic carbocycles.